The number of likely N-dealkylation sites (tertiary alicyclic amines) is 1. The van der Waals surface area contributed by atoms with E-state index in [1.807, 2.05) is 35.1 Å². The van der Waals surface area contributed by atoms with E-state index in [1.54, 1.807) is 6.20 Å². The van der Waals surface area contributed by atoms with Crippen molar-refractivity contribution in [2.24, 2.45) is 0 Å². The standard InChI is InChI=1S/C21H28N4O/c26-20(21(11-4-5-12-21)24-14-6-7-15-24)23-19(17-25-16-8-13-22-25)18-9-2-1-3-10-18/h1-3,8-10,13,16,19H,4-7,11-12,14-15,17H2,(H,23,26)/t19-/m1/s1. The van der Waals surface area contributed by atoms with Crippen LogP contribution in [0.15, 0.2) is 48.8 Å². The molecule has 0 spiro atoms. The van der Waals surface area contributed by atoms with E-state index >= 15 is 0 Å². The van der Waals surface area contributed by atoms with Gasteiger partial charge in [-0.3, -0.25) is 14.4 Å². The van der Waals surface area contributed by atoms with Crippen molar-refractivity contribution in [3.63, 3.8) is 0 Å². The number of rotatable bonds is 6. The van der Waals surface area contributed by atoms with E-state index in [1.165, 1.54) is 12.8 Å². The maximum absolute atomic E-state index is 13.5. The van der Waals surface area contributed by atoms with Gasteiger partial charge in [-0.05, 0) is 50.4 Å². The van der Waals surface area contributed by atoms with Crippen molar-refractivity contribution >= 4 is 5.91 Å². The second-order valence-corrected chi connectivity index (χ2v) is 7.60. The molecular formula is C21H28N4O. The summed E-state index contributed by atoms with van der Waals surface area (Å²) in [4.78, 5) is 15.9. The van der Waals surface area contributed by atoms with Crippen LogP contribution < -0.4 is 5.32 Å². The van der Waals surface area contributed by atoms with E-state index in [0.29, 0.717) is 6.54 Å². The molecule has 1 N–H and O–H groups in total. The minimum atomic E-state index is -0.298. The van der Waals surface area contributed by atoms with Gasteiger partial charge in [0, 0.05) is 12.4 Å². The number of hydrogen-bond acceptors (Lipinski definition) is 3. The molecule has 1 amide bonds. The first-order valence-corrected chi connectivity index (χ1v) is 9.86. The summed E-state index contributed by atoms with van der Waals surface area (Å²) < 4.78 is 1.90. The molecule has 4 rings (SSSR count). The van der Waals surface area contributed by atoms with Crippen LogP contribution in [-0.4, -0.2) is 39.2 Å². The Morgan fingerprint density at radius 2 is 1.81 bits per heavy atom. The van der Waals surface area contributed by atoms with Crippen LogP contribution in [-0.2, 0) is 11.3 Å². The molecule has 0 radical (unpaired) electrons. The van der Waals surface area contributed by atoms with Gasteiger partial charge >= 0.3 is 0 Å². The summed E-state index contributed by atoms with van der Waals surface area (Å²) in [6.45, 7) is 2.77. The van der Waals surface area contributed by atoms with Crippen LogP contribution >= 0.6 is 0 Å². The van der Waals surface area contributed by atoms with Gasteiger partial charge in [0.15, 0.2) is 0 Å². The third-order valence-electron chi connectivity index (χ3n) is 6.00. The summed E-state index contributed by atoms with van der Waals surface area (Å²) >= 11 is 0. The zero-order valence-electron chi connectivity index (χ0n) is 15.3. The lowest BCUT2D eigenvalue weighted by atomic mass is 9.93. The fraction of sp³-hybridized carbons (Fsp3) is 0.524. The van der Waals surface area contributed by atoms with Crippen molar-refractivity contribution in [2.75, 3.05) is 13.1 Å². The Kier molecular flexibility index (Phi) is 5.07. The molecule has 2 aromatic rings. The van der Waals surface area contributed by atoms with Gasteiger partial charge in [0.25, 0.3) is 0 Å². The molecule has 2 aliphatic rings. The Bertz CT molecular complexity index is 701. The third kappa shape index (κ3) is 3.40. The van der Waals surface area contributed by atoms with E-state index in [0.717, 1.165) is 44.3 Å². The minimum absolute atomic E-state index is 0.0660. The maximum atomic E-state index is 13.5. The molecule has 1 aliphatic heterocycles. The van der Waals surface area contributed by atoms with Gasteiger partial charge in [0.1, 0.15) is 5.54 Å². The van der Waals surface area contributed by atoms with Gasteiger partial charge < -0.3 is 5.32 Å². The van der Waals surface area contributed by atoms with Gasteiger partial charge in [-0.15, -0.1) is 0 Å². The number of aromatic nitrogens is 2. The molecule has 138 valence electrons. The fourth-order valence-corrected chi connectivity index (χ4v) is 4.60. The van der Waals surface area contributed by atoms with Crippen molar-refractivity contribution in [2.45, 2.75) is 56.7 Å². The summed E-state index contributed by atoms with van der Waals surface area (Å²) in [7, 11) is 0. The minimum Gasteiger partial charge on any atom is -0.346 e. The molecule has 2 fully saturated rings. The van der Waals surface area contributed by atoms with E-state index < -0.39 is 0 Å². The number of hydrogen-bond donors (Lipinski definition) is 1. The third-order valence-corrected chi connectivity index (χ3v) is 6.00. The summed E-state index contributed by atoms with van der Waals surface area (Å²) in [6.07, 6.45) is 10.4. The zero-order chi connectivity index (χ0) is 17.8. The summed E-state index contributed by atoms with van der Waals surface area (Å²) in [5, 5.41) is 7.73. The second-order valence-electron chi connectivity index (χ2n) is 7.60. The highest BCUT2D eigenvalue weighted by molar-refractivity contribution is 5.87. The average Bonchev–Trinajstić information content (AvgIpc) is 3.43. The molecule has 0 bridgehead atoms. The number of nitrogens with zero attached hydrogens (tertiary/aromatic N) is 3. The SMILES string of the molecule is O=C(N[C@H](Cn1cccn1)c1ccccc1)C1(N2CCCC2)CCCC1. The molecule has 1 saturated carbocycles. The lowest BCUT2D eigenvalue weighted by Crippen LogP contribution is -2.57. The lowest BCUT2D eigenvalue weighted by molar-refractivity contribution is -0.133. The molecule has 5 nitrogen and oxygen atoms in total. The Morgan fingerprint density at radius 1 is 1.08 bits per heavy atom. The van der Waals surface area contributed by atoms with Crippen molar-refractivity contribution in [3.8, 4) is 0 Å². The first-order chi connectivity index (χ1) is 12.8. The fourth-order valence-electron chi connectivity index (χ4n) is 4.60. The van der Waals surface area contributed by atoms with E-state index in [9.17, 15) is 4.79 Å². The highest BCUT2D eigenvalue weighted by Crippen LogP contribution is 2.38. The van der Waals surface area contributed by atoms with Gasteiger partial charge in [-0.25, -0.2) is 0 Å². The molecular weight excluding hydrogens is 324 g/mol. The highest BCUT2D eigenvalue weighted by Gasteiger charge is 2.47. The molecule has 1 saturated heterocycles. The average molecular weight is 352 g/mol. The lowest BCUT2D eigenvalue weighted by Gasteiger charge is -2.38. The van der Waals surface area contributed by atoms with Crippen molar-refractivity contribution in [1.29, 1.82) is 0 Å². The smallest absolute Gasteiger partial charge is 0.241 e. The van der Waals surface area contributed by atoms with Gasteiger partial charge in [-0.2, -0.15) is 5.10 Å². The first kappa shape index (κ1) is 17.3. The topological polar surface area (TPSA) is 50.2 Å². The number of benzene rings is 1. The van der Waals surface area contributed by atoms with Crippen LogP contribution in [0.5, 0.6) is 0 Å². The number of carbonyl (C=O) groups excluding carboxylic acids is 1. The zero-order valence-corrected chi connectivity index (χ0v) is 15.3. The molecule has 0 unspecified atom stereocenters. The first-order valence-electron chi connectivity index (χ1n) is 9.86. The Hall–Kier alpha value is -2.14. The van der Waals surface area contributed by atoms with Crippen LogP contribution in [0.3, 0.4) is 0 Å². The molecule has 2 heterocycles. The summed E-state index contributed by atoms with van der Waals surface area (Å²) in [5.41, 5.74) is 0.833. The predicted octanol–water partition coefficient (Wildman–Crippen LogP) is 3.15. The second kappa shape index (κ2) is 7.62. The normalized spacial score (nSPS) is 20.9. The summed E-state index contributed by atoms with van der Waals surface area (Å²) in [5.74, 6) is 0.206. The van der Waals surface area contributed by atoms with Crippen molar-refractivity contribution in [1.82, 2.24) is 20.0 Å². The maximum Gasteiger partial charge on any atom is 0.241 e. The van der Waals surface area contributed by atoms with Gasteiger partial charge in [0.05, 0.1) is 12.6 Å². The molecule has 1 aromatic carbocycles. The molecule has 26 heavy (non-hydrogen) atoms. The van der Waals surface area contributed by atoms with Crippen LogP contribution in [0.25, 0.3) is 0 Å². The largest absolute Gasteiger partial charge is 0.346 e. The van der Waals surface area contributed by atoms with Crippen LogP contribution in [0.2, 0.25) is 0 Å². The molecule has 1 aromatic heterocycles. The molecule has 5 heteroatoms. The number of carbonyl (C=O) groups is 1. The van der Waals surface area contributed by atoms with E-state index in [4.69, 9.17) is 0 Å². The summed E-state index contributed by atoms with van der Waals surface area (Å²) in [6, 6.07) is 12.1. The van der Waals surface area contributed by atoms with Crippen LogP contribution in [0, 0.1) is 0 Å². The van der Waals surface area contributed by atoms with Crippen LogP contribution in [0.4, 0.5) is 0 Å². The van der Waals surface area contributed by atoms with Gasteiger partial charge in [0.2, 0.25) is 5.91 Å². The molecule has 1 aliphatic carbocycles. The van der Waals surface area contributed by atoms with Crippen molar-refractivity contribution < 1.29 is 4.79 Å². The predicted molar refractivity (Wildman–Crippen MR) is 102 cm³/mol. The van der Waals surface area contributed by atoms with Crippen LogP contribution in [0.1, 0.15) is 50.1 Å². The Morgan fingerprint density at radius 3 is 2.46 bits per heavy atom. The highest BCUT2D eigenvalue weighted by atomic mass is 16.2. The monoisotopic (exact) mass is 352 g/mol. The number of amides is 1. The Labute approximate surface area is 155 Å². The van der Waals surface area contributed by atoms with Gasteiger partial charge in [-0.1, -0.05) is 43.2 Å². The van der Waals surface area contributed by atoms with Crippen molar-refractivity contribution in [3.05, 3.63) is 54.4 Å². The van der Waals surface area contributed by atoms with E-state index in [-0.39, 0.29) is 17.5 Å². The molecule has 1 atom stereocenters. The quantitative estimate of drug-likeness (QED) is 0.869. The van der Waals surface area contributed by atoms with E-state index in [2.05, 4.69) is 27.4 Å². The number of nitrogens with one attached hydrogen (secondary N) is 1. The Balaban J connectivity index is 1.56.